The van der Waals surface area contributed by atoms with Crippen LogP contribution in [0, 0.1) is 17.3 Å². The van der Waals surface area contributed by atoms with Gasteiger partial charge in [-0.05, 0) is 68.6 Å². The Hall–Kier alpha value is -2.12. The van der Waals surface area contributed by atoms with E-state index in [1.54, 1.807) is 12.6 Å². The predicted octanol–water partition coefficient (Wildman–Crippen LogP) is 2.93. The van der Waals surface area contributed by atoms with Gasteiger partial charge in [-0.2, -0.15) is 0 Å². The van der Waals surface area contributed by atoms with E-state index < -0.39 is 16.9 Å². The summed E-state index contributed by atoms with van der Waals surface area (Å²) >= 11 is 0. The molecule has 1 saturated heterocycles. The van der Waals surface area contributed by atoms with Crippen LogP contribution in [0.25, 0.3) is 0 Å². The lowest BCUT2D eigenvalue weighted by atomic mass is 9.79. The highest BCUT2D eigenvalue weighted by Gasteiger charge is 2.72. The van der Waals surface area contributed by atoms with E-state index >= 15 is 0 Å². The molecule has 0 aromatic heterocycles. The number of ether oxygens (including phenoxy) is 1. The Balaban J connectivity index is 1.73. The smallest absolute Gasteiger partial charge is 0.276 e. The first-order valence-electron chi connectivity index (χ1n) is 11.4. The second-order valence-electron chi connectivity index (χ2n) is 9.30. The zero-order chi connectivity index (χ0) is 22.6. The normalized spacial score (nSPS) is 25.6. The van der Waals surface area contributed by atoms with Crippen LogP contribution in [0.1, 0.15) is 57.9 Å². The van der Waals surface area contributed by atoms with Crippen molar-refractivity contribution in [1.82, 2.24) is 10.4 Å². The molecule has 172 valence electrons. The number of nitrogens with zero attached hydrogens (tertiary/aromatic N) is 1. The number of amides is 2. The molecule has 2 amide bonds. The summed E-state index contributed by atoms with van der Waals surface area (Å²) < 4.78 is 5.19. The monoisotopic (exact) mass is 432 g/mol. The quantitative estimate of drug-likeness (QED) is 0.412. The number of hydrogen-bond acceptors (Lipinski definition) is 5. The molecule has 1 aliphatic heterocycles. The predicted molar refractivity (Wildman–Crippen MR) is 117 cm³/mol. The maximum Gasteiger partial charge on any atom is 0.276 e. The van der Waals surface area contributed by atoms with Crippen molar-refractivity contribution in [2.75, 3.05) is 20.2 Å². The first kappa shape index (κ1) is 23.5. The molecule has 2 aliphatic rings. The zero-order valence-electron chi connectivity index (χ0n) is 18.9. The van der Waals surface area contributed by atoms with Gasteiger partial charge in [0.15, 0.2) is 5.60 Å². The molecule has 1 aliphatic carbocycles. The van der Waals surface area contributed by atoms with Gasteiger partial charge in [0.1, 0.15) is 5.75 Å². The number of hydroxylamine groups is 1. The van der Waals surface area contributed by atoms with E-state index in [0.29, 0.717) is 31.8 Å². The fourth-order valence-corrected chi connectivity index (χ4v) is 5.30. The molecular weight excluding hydrogens is 396 g/mol. The van der Waals surface area contributed by atoms with E-state index in [4.69, 9.17) is 4.74 Å². The minimum atomic E-state index is -1.97. The summed E-state index contributed by atoms with van der Waals surface area (Å²) in [5, 5.41) is 20.3. The highest BCUT2D eigenvalue weighted by molar-refractivity contribution is 5.97. The van der Waals surface area contributed by atoms with E-state index in [2.05, 4.69) is 6.92 Å². The fourth-order valence-electron chi connectivity index (χ4n) is 5.30. The van der Waals surface area contributed by atoms with Crippen LogP contribution < -0.4 is 10.2 Å². The molecule has 0 bridgehead atoms. The second kappa shape index (κ2) is 9.57. The largest absolute Gasteiger partial charge is 0.497 e. The first-order chi connectivity index (χ1) is 14.8. The molecule has 0 spiro atoms. The number of nitrogens with one attached hydrogen (secondary N) is 1. The Morgan fingerprint density at radius 1 is 1.23 bits per heavy atom. The van der Waals surface area contributed by atoms with Crippen molar-refractivity contribution in [1.29, 1.82) is 0 Å². The molecule has 1 unspecified atom stereocenters. The third-order valence-corrected chi connectivity index (χ3v) is 7.44. The van der Waals surface area contributed by atoms with E-state index in [9.17, 15) is 19.9 Å². The Morgan fingerprint density at radius 2 is 1.87 bits per heavy atom. The lowest BCUT2D eigenvalue weighted by Crippen LogP contribution is -2.58. The summed E-state index contributed by atoms with van der Waals surface area (Å²) in [6, 6.07) is 7.77. The third-order valence-electron chi connectivity index (χ3n) is 7.44. The van der Waals surface area contributed by atoms with Crippen LogP contribution in [0.5, 0.6) is 5.75 Å². The lowest BCUT2D eigenvalue weighted by Gasteiger charge is -2.39. The Bertz CT molecular complexity index is 771. The molecule has 3 rings (SSSR count). The molecule has 3 N–H and O–H groups in total. The number of methoxy groups -OCH3 is 1. The first-order valence-corrected chi connectivity index (χ1v) is 11.4. The topological polar surface area (TPSA) is 99.1 Å². The molecule has 1 heterocycles. The number of carbonyl (C=O) groups is 2. The van der Waals surface area contributed by atoms with Crippen LogP contribution in [0.4, 0.5) is 0 Å². The van der Waals surface area contributed by atoms with E-state index in [1.807, 2.05) is 29.2 Å². The van der Waals surface area contributed by atoms with Gasteiger partial charge in [0.2, 0.25) is 5.91 Å². The maximum absolute atomic E-state index is 13.6. The molecule has 7 heteroatoms. The summed E-state index contributed by atoms with van der Waals surface area (Å²) in [5.74, 6) is 0.220. The summed E-state index contributed by atoms with van der Waals surface area (Å²) in [7, 11) is 1.62. The average Bonchev–Trinajstić information content (AvgIpc) is 3.54. The second-order valence-corrected chi connectivity index (χ2v) is 9.30. The average molecular weight is 433 g/mol. The number of piperidine rings is 1. The van der Waals surface area contributed by atoms with Crippen molar-refractivity contribution in [3.05, 3.63) is 29.8 Å². The van der Waals surface area contributed by atoms with Gasteiger partial charge in [-0.25, -0.2) is 5.48 Å². The molecule has 2 fully saturated rings. The Morgan fingerprint density at radius 3 is 2.42 bits per heavy atom. The van der Waals surface area contributed by atoms with Gasteiger partial charge in [-0.15, -0.1) is 0 Å². The highest BCUT2D eigenvalue weighted by atomic mass is 16.5. The van der Waals surface area contributed by atoms with E-state index in [-0.39, 0.29) is 11.8 Å². The van der Waals surface area contributed by atoms with Crippen molar-refractivity contribution < 1.29 is 24.6 Å². The summed E-state index contributed by atoms with van der Waals surface area (Å²) in [6.07, 6.45) is 6.08. The Labute approximate surface area is 184 Å². The summed E-state index contributed by atoms with van der Waals surface area (Å²) in [5.41, 5.74) is -0.481. The number of aliphatic hydroxyl groups is 1. The SMILES string of the molecule is CCCC1CCN(C(=O)[C@]2([C@@](C)(O)C(=O)NO)CC2CCc2ccc(OC)cc2)CC1. The van der Waals surface area contributed by atoms with Gasteiger partial charge in [0.05, 0.1) is 12.5 Å². The van der Waals surface area contributed by atoms with Crippen molar-refractivity contribution in [3.63, 3.8) is 0 Å². The van der Waals surface area contributed by atoms with Gasteiger partial charge in [0, 0.05) is 13.1 Å². The lowest BCUT2D eigenvalue weighted by molar-refractivity contribution is -0.167. The van der Waals surface area contributed by atoms with Crippen LogP contribution >= 0.6 is 0 Å². The van der Waals surface area contributed by atoms with Gasteiger partial charge >= 0.3 is 0 Å². The van der Waals surface area contributed by atoms with Crippen molar-refractivity contribution in [3.8, 4) is 5.75 Å². The van der Waals surface area contributed by atoms with Crippen LogP contribution in [-0.2, 0) is 16.0 Å². The van der Waals surface area contributed by atoms with E-state index in [0.717, 1.165) is 37.0 Å². The molecule has 0 radical (unpaired) electrons. The zero-order valence-corrected chi connectivity index (χ0v) is 18.9. The van der Waals surface area contributed by atoms with Crippen molar-refractivity contribution >= 4 is 11.8 Å². The third kappa shape index (κ3) is 4.58. The molecular formula is C24H36N2O5. The minimum absolute atomic E-state index is 0.122. The molecule has 1 aromatic carbocycles. The highest BCUT2D eigenvalue weighted by Crippen LogP contribution is 2.62. The number of benzene rings is 1. The fraction of sp³-hybridized carbons (Fsp3) is 0.667. The van der Waals surface area contributed by atoms with Gasteiger partial charge < -0.3 is 14.7 Å². The molecule has 1 aromatic rings. The standard InChI is InChI=1S/C24H36N2O5/c1-4-5-17-12-14-26(15-13-17)22(28)24(23(2,29)21(27)25-30)16-19(24)9-6-18-7-10-20(31-3)11-8-18/h7-8,10-11,17,19,29-30H,4-6,9,12-16H2,1-3H3,(H,25,27)/t19?,23-,24-/m0/s1. The number of carbonyl (C=O) groups excluding carboxylic acids is 2. The summed E-state index contributed by atoms with van der Waals surface area (Å²) in [4.78, 5) is 27.8. The van der Waals surface area contributed by atoms with Gasteiger partial charge in [-0.1, -0.05) is 31.9 Å². The van der Waals surface area contributed by atoms with Crippen LogP contribution in [-0.4, -0.2) is 52.8 Å². The molecule has 7 nitrogen and oxygen atoms in total. The van der Waals surface area contributed by atoms with Gasteiger partial charge in [-0.3, -0.25) is 14.8 Å². The molecule has 1 saturated carbocycles. The molecule has 3 atom stereocenters. The Kier molecular flexibility index (Phi) is 7.27. The van der Waals surface area contributed by atoms with Crippen LogP contribution in [0.2, 0.25) is 0 Å². The maximum atomic E-state index is 13.6. The van der Waals surface area contributed by atoms with Crippen molar-refractivity contribution in [2.24, 2.45) is 17.3 Å². The number of hydrogen-bond donors (Lipinski definition) is 3. The number of aryl methyl sites for hydroxylation is 1. The van der Waals surface area contributed by atoms with E-state index in [1.165, 1.54) is 13.3 Å². The molecule has 31 heavy (non-hydrogen) atoms. The van der Waals surface area contributed by atoms with Gasteiger partial charge in [0.25, 0.3) is 5.91 Å². The number of likely N-dealkylation sites (tertiary alicyclic amines) is 1. The minimum Gasteiger partial charge on any atom is -0.497 e. The van der Waals surface area contributed by atoms with Crippen LogP contribution in [0.15, 0.2) is 24.3 Å². The van der Waals surface area contributed by atoms with Crippen LogP contribution in [0.3, 0.4) is 0 Å². The summed E-state index contributed by atoms with van der Waals surface area (Å²) in [6.45, 7) is 4.85. The number of rotatable bonds is 9. The van der Waals surface area contributed by atoms with Crippen molar-refractivity contribution in [2.45, 2.75) is 64.4 Å².